The number of halogens is 1. The van der Waals surface area contributed by atoms with Crippen molar-refractivity contribution in [1.82, 2.24) is 29.5 Å². The van der Waals surface area contributed by atoms with Gasteiger partial charge in [0.2, 0.25) is 5.82 Å². The number of para-hydroxylation sites is 1. The summed E-state index contributed by atoms with van der Waals surface area (Å²) in [5, 5.41) is 3.20. The quantitative estimate of drug-likeness (QED) is 0.274. The Morgan fingerprint density at radius 3 is 2.57 bits per heavy atom. The molecule has 0 atom stereocenters. The molecule has 0 fully saturated rings. The van der Waals surface area contributed by atoms with E-state index in [4.69, 9.17) is 5.73 Å². The third kappa shape index (κ3) is 5.11. The number of hydrogen-bond acceptors (Lipinski definition) is 8. The standard InChI is InChI=1S/C27H21FN8O/c28-20-9-4-10-21-24(20)27(37)36(18-7-2-1-3-8-18)23(35-21)11-5-14-32-26-19(25(29)33-17-34-26)12-13-22-30-15-6-16-31-22/h1-4,6-10,15-17H,5,11,14H2,(H3,29,32,33,34). The van der Waals surface area contributed by atoms with Crippen LogP contribution in [0.15, 0.2) is 78.1 Å². The molecular formula is C27H21FN8O. The lowest BCUT2D eigenvalue weighted by molar-refractivity contribution is 0.636. The van der Waals surface area contributed by atoms with Gasteiger partial charge in [0, 0.05) is 25.4 Å². The molecule has 3 N–H and O–H groups in total. The van der Waals surface area contributed by atoms with E-state index in [1.807, 2.05) is 18.2 Å². The second-order valence-corrected chi connectivity index (χ2v) is 7.97. The van der Waals surface area contributed by atoms with E-state index in [9.17, 15) is 9.18 Å². The van der Waals surface area contributed by atoms with Gasteiger partial charge in [-0.3, -0.25) is 9.36 Å². The number of nitrogens with zero attached hydrogens (tertiary/aromatic N) is 6. The van der Waals surface area contributed by atoms with E-state index < -0.39 is 11.4 Å². The van der Waals surface area contributed by atoms with Crippen LogP contribution in [0.2, 0.25) is 0 Å². The fraction of sp³-hybridized carbons (Fsp3) is 0.111. The lowest BCUT2D eigenvalue weighted by Gasteiger charge is -2.14. The Morgan fingerprint density at radius 2 is 1.76 bits per heavy atom. The van der Waals surface area contributed by atoms with Crippen molar-refractivity contribution in [2.75, 3.05) is 17.6 Å². The summed E-state index contributed by atoms with van der Waals surface area (Å²) in [6, 6.07) is 15.2. The number of aromatic nitrogens is 6. The molecule has 0 saturated heterocycles. The molecule has 0 spiro atoms. The Morgan fingerprint density at radius 1 is 0.946 bits per heavy atom. The fourth-order valence-corrected chi connectivity index (χ4v) is 3.84. The minimum atomic E-state index is -0.594. The van der Waals surface area contributed by atoms with Crippen LogP contribution in [-0.2, 0) is 6.42 Å². The van der Waals surface area contributed by atoms with Crippen molar-refractivity contribution in [3.05, 3.63) is 107 Å². The first kappa shape index (κ1) is 23.6. The van der Waals surface area contributed by atoms with Crippen LogP contribution in [0.3, 0.4) is 0 Å². The van der Waals surface area contributed by atoms with Crippen LogP contribution in [0.25, 0.3) is 16.6 Å². The molecule has 0 amide bonds. The molecule has 0 aliphatic heterocycles. The van der Waals surface area contributed by atoms with Crippen LogP contribution >= 0.6 is 0 Å². The molecule has 0 bridgehead atoms. The van der Waals surface area contributed by atoms with Crippen molar-refractivity contribution in [1.29, 1.82) is 0 Å². The average Bonchev–Trinajstić information content (AvgIpc) is 2.92. The zero-order valence-corrected chi connectivity index (χ0v) is 19.6. The smallest absolute Gasteiger partial charge is 0.268 e. The molecule has 5 aromatic rings. The number of nitrogens with two attached hydrogens (primary N) is 1. The predicted octanol–water partition coefficient (Wildman–Crippen LogP) is 3.13. The molecular weight excluding hydrogens is 471 g/mol. The van der Waals surface area contributed by atoms with Crippen molar-refractivity contribution in [3.63, 3.8) is 0 Å². The summed E-state index contributed by atoms with van der Waals surface area (Å²) in [5.41, 5.74) is 6.98. The third-order valence-corrected chi connectivity index (χ3v) is 5.54. The zero-order valence-electron chi connectivity index (χ0n) is 19.6. The number of anilines is 2. The predicted molar refractivity (Wildman–Crippen MR) is 139 cm³/mol. The highest BCUT2D eigenvalue weighted by molar-refractivity contribution is 5.78. The maximum Gasteiger partial charge on any atom is 0.268 e. The van der Waals surface area contributed by atoms with Gasteiger partial charge in [-0.25, -0.2) is 29.3 Å². The summed E-state index contributed by atoms with van der Waals surface area (Å²) >= 11 is 0. The summed E-state index contributed by atoms with van der Waals surface area (Å²) < 4.78 is 16.0. The summed E-state index contributed by atoms with van der Waals surface area (Å²) in [6.07, 6.45) is 5.60. The summed E-state index contributed by atoms with van der Waals surface area (Å²) in [6.45, 7) is 0.485. The number of benzene rings is 2. The molecule has 0 aliphatic carbocycles. The molecule has 0 aliphatic rings. The summed E-state index contributed by atoms with van der Waals surface area (Å²) in [5.74, 6) is 6.80. The maximum atomic E-state index is 14.5. The second kappa shape index (κ2) is 10.6. The first-order valence-corrected chi connectivity index (χ1v) is 11.5. The van der Waals surface area contributed by atoms with Gasteiger partial charge in [0.05, 0.1) is 11.2 Å². The van der Waals surface area contributed by atoms with Gasteiger partial charge in [-0.05, 0) is 42.7 Å². The summed E-state index contributed by atoms with van der Waals surface area (Å²) in [4.78, 5) is 34.4. The molecule has 10 heteroatoms. The number of fused-ring (bicyclic) bond motifs is 1. The second-order valence-electron chi connectivity index (χ2n) is 7.97. The molecule has 182 valence electrons. The lowest BCUT2D eigenvalue weighted by atomic mass is 10.2. The van der Waals surface area contributed by atoms with Gasteiger partial charge in [0.15, 0.2) is 0 Å². The molecule has 37 heavy (non-hydrogen) atoms. The Balaban J connectivity index is 1.39. The molecule has 3 heterocycles. The Labute approximate surface area is 211 Å². The SMILES string of the molecule is Nc1ncnc(NCCCc2nc3cccc(F)c3c(=O)n2-c2ccccc2)c1C#Cc1ncccn1. The van der Waals surface area contributed by atoms with Gasteiger partial charge in [-0.15, -0.1) is 0 Å². The maximum absolute atomic E-state index is 14.5. The largest absolute Gasteiger partial charge is 0.382 e. The van der Waals surface area contributed by atoms with Gasteiger partial charge >= 0.3 is 0 Å². The monoisotopic (exact) mass is 492 g/mol. The van der Waals surface area contributed by atoms with E-state index in [0.717, 1.165) is 0 Å². The van der Waals surface area contributed by atoms with Crippen molar-refractivity contribution in [2.24, 2.45) is 0 Å². The number of rotatable bonds is 6. The van der Waals surface area contributed by atoms with E-state index >= 15 is 0 Å². The first-order chi connectivity index (χ1) is 18.1. The van der Waals surface area contributed by atoms with E-state index in [2.05, 4.69) is 42.1 Å². The molecule has 9 nitrogen and oxygen atoms in total. The van der Waals surface area contributed by atoms with Crippen molar-refractivity contribution >= 4 is 22.5 Å². The van der Waals surface area contributed by atoms with Crippen molar-refractivity contribution in [3.8, 4) is 17.5 Å². The minimum absolute atomic E-state index is 0.0321. The zero-order chi connectivity index (χ0) is 25.6. The molecule has 0 radical (unpaired) electrons. The van der Waals surface area contributed by atoms with Crippen molar-refractivity contribution < 1.29 is 4.39 Å². The van der Waals surface area contributed by atoms with E-state index in [1.165, 1.54) is 17.0 Å². The van der Waals surface area contributed by atoms with E-state index in [-0.39, 0.29) is 11.2 Å². The number of hydrogen-bond donors (Lipinski definition) is 2. The van der Waals surface area contributed by atoms with Gasteiger partial charge in [0.1, 0.15) is 40.6 Å². The Bertz CT molecular complexity index is 1680. The molecule has 5 rings (SSSR count). The van der Waals surface area contributed by atoms with Crippen LogP contribution in [0, 0.1) is 17.7 Å². The normalized spacial score (nSPS) is 10.6. The van der Waals surface area contributed by atoms with Crippen LogP contribution in [-0.4, -0.2) is 36.0 Å². The van der Waals surface area contributed by atoms with Crippen LogP contribution in [0.4, 0.5) is 16.0 Å². The van der Waals surface area contributed by atoms with Crippen LogP contribution in [0.5, 0.6) is 0 Å². The molecule has 2 aromatic carbocycles. The van der Waals surface area contributed by atoms with Gasteiger partial charge in [0.25, 0.3) is 5.56 Å². The topological polar surface area (TPSA) is 124 Å². The highest BCUT2D eigenvalue weighted by atomic mass is 19.1. The Hall–Kier alpha value is -5.17. The third-order valence-electron chi connectivity index (χ3n) is 5.54. The van der Waals surface area contributed by atoms with Crippen molar-refractivity contribution in [2.45, 2.75) is 12.8 Å². The van der Waals surface area contributed by atoms with Gasteiger partial charge < -0.3 is 11.1 Å². The lowest BCUT2D eigenvalue weighted by Crippen LogP contribution is -2.25. The highest BCUT2D eigenvalue weighted by Crippen LogP contribution is 2.18. The first-order valence-electron chi connectivity index (χ1n) is 11.5. The fourth-order valence-electron chi connectivity index (χ4n) is 3.84. The van der Waals surface area contributed by atoms with Crippen LogP contribution < -0.4 is 16.6 Å². The molecule has 0 unspecified atom stereocenters. The number of aryl methyl sites for hydroxylation is 1. The number of nitrogens with one attached hydrogen (secondary N) is 1. The van der Waals surface area contributed by atoms with E-state index in [1.54, 1.807) is 42.7 Å². The average molecular weight is 493 g/mol. The minimum Gasteiger partial charge on any atom is -0.382 e. The van der Waals surface area contributed by atoms with E-state index in [0.29, 0.717) is 53.6 Å². The Kier molecular flexibility index (Phi) is 6.76. The van der Waals surface area contributed by atoms with Crippen LogP contribution in [0.1, 0.15) is 23.6 Å². The highest BCUT2D eigenvalue weighted by Gasteiger charge is 2.15. The summed E-state index contributed by atoms with van der Waals surface area (Å²) in [7, 11) is 0. The van der Waals surface area contributed by atoms with Gasteiger partial charge in [-0.2, -0.15) is 0 Å². The molecule has 3 aromatic heterocycles. The van der Waals surface area contributed by atoms with Gasteiger partial charge in [-0.1, -0.05) is 30.2 Å². The molecule has 0 saturated carbocycles. The number of nitrogen functional groups attached to an aromatic ring is 1.